The number of hydrogen-bond donors (Lipinski definition) is 3. The van der Waals surface area contributed by atoms with E-state index in [0.29, 0.717) is 32.0 Å². The minimum atomic E-state index is -1.70. The fourth-order valence-electron chi connectivity index (χ4n) is 2.83. The van der Waals surface area contributed by atoms with Gasteiger partial charge in [0.25, 0.3) is 0 Å². The average molecular weight is 435 g/mol. The Kier molecular flexibility index (Phi) is 6.25. The first kappa shape index (κ1) is 20.6. The van der Waals surface area contributed by atoms with Crippen LogP contribution in [0.5, 0.6) is 0 Å². The highest BCUT2D eigenvalue weighted by atomic mass is 35.5. The van der Waals surface area contributed by atoms with Gasteiger partial charge in [-0.2, -0.15) is 4.72 Å². The van der Waals surface area contributed by atoms with Gasteiger partial charge in [0.1, 0.15) is 27.1 Å². The maximum atomic E-state index is 12.9. The molecule has 2 aromatic carbocycles. The number of nitrogens with two attached hydrogens (primary N) is 1. The van der Waals surface area contributed by atoms with Gasteiger partial charge in [-0.15, -0.1) is 0 Å². The summed E-state index contributed by atoms with van der Waals surface area (Å²) in [5.41, 5.74) is 10.3. The zero-order valence-electron chi connectivity index (χ0n) is 15.6. The van der Waals surface area contributed by atoms with Crippen molar-refractivity contribution in [3.63, 3.8) is 0 Å². The van der Waals surface area contributed by atoms with Crippen LogP contribution in [0.4, 0.5) is 0 Å². The first-order valence-electron chi connectivity index (χ1n) is 8.47. The molecule has 1 unspecified atom stereocenters. The molecule has 0 saturated heterocycles. The summed E-state index contributed by atoms with van der Waals surface area (Å²) in [6.07, 6.45) is 1.89. The van der Waals surface area contributed by atoms with Gasteiger partial charge in [0.05, 0.1) is 5.71 Å². The Balaban J connectivity index is 1.96. The van der Waals surface area contributed by atoms with E-state index in [2.05, 4.69) is 14.7 Å². The van der Waals surface area contributed by atoms with Crippen LogP contribution in [0.25, 0.3) is 22.0 Å². The second kappa shape index (κ2) is 8.49. The molecule has 0 aliphatic rings. The summed E-state index contributed by atoms with van der Waals surface area (Å²) >= 11 is 11.2. The quantitative estimate of drug-likeness (QED) is 0.388. The summed E-state index contributed by atoms with van der Waals surface area (Å²) < 4.78 is 15.8. The maximum absolute atomic E-state index is 12.9. The molecule has 146 valence electrons. The third-order valence-electron chi connectivity index (χ3n) is 4.36. The van der Waals surface area contributed by atoms with E-state index >= 15 is 0 Å². The summed E-state index contributed by atoms with van der Waals surface area (Å²) in [4.78, 5) is 7.55. The molecular weight excluding hydrogens is 415 g/mol. The lowest BCUT2D eigenvalue weighted by atomic mass is 10.0. The molecule has 0 aliphatic heterocycles. The van der Waals surface area contributed by atoms with E-state index in [1.165, 1.54) is 0 Å². The number of allylic oxidation sites excluding steroid dienone is 2. The maximum Gasteiger partial charge on any atom is 0.216 e. The van der Waals surface area contributed by atoms with Crippen LogP contribution in [0.15, 0.2) is 63.9 Å². The standard InChI is InChI=1S/C20H20Cl2N4OS/c1-11(23)19(12(2)24-3)26-28(27)20-16(21)9-15(10-17(20)22)13-4-5-18-14(8-13)6-7-25-18/h4-10,25-26H,23H2,1-3H3. The van der Waals surface area contributed by atoms with Crippen molar-refractivity contribution >= 4 is 51.2 Å². The number of halogens is 2. The number of benzene rings is 2. The predicted molar refractivity (Wildman–Crippen MR) is 119 cm³/mol. The Bertz CT molecular complexity index is 1060. The molecule has 1 atom stereocenters. The van der Waals surface area contributed by atoms with Gasteiger partial charge in [-0.3, -0.25) is 4.99 Å². The van der Waals surface area contributed by atoms with Crippen molar-refractivity contribution in [1.82, 2.24) is 9.71 Å². The Morgan fingerprint density at radius 2 is 1.79 bits per heavy atom. The van der Waals surface area contributed by atoms with Crippen LogP contribution in [0, 0.1) is 0 Å². The monoisotopic (exact) mass is 434 g/mol. The lowest BCUT2D eigenvalue weighted by molar-refractivity contribution is 0.588. The molecule has 4 N–H and O–H groups in total. The van der Waals surface area contributed by atoms with Crippen LogP contribution >= 0.6 is 23.2 Å². The van der Waals surface area contributed by atoms with Crippen LogP contribution in [0.1, 0.15) is 13.8 Å². The molecule has 0 spiro atoms. The van der Waals surface area contributed by atoms with Gasteiger partial charge in [-0.25, -0.2) is 0 Å². The number of H-pyrrole nitrogens is 1. The number of nitrogens with zero attached hydrogens (tertiary/aromatic N) is 1. The van der Waals surface area contributed by atoms with Crippen molar-refractivity contribution in [2.45, 2.75) is 18.7 Å². The normalized spacial score (nSPS) is 14.1. The lowest BCUT2D eigenvalue weighted by Gasteiger charge is -2.17. The SMILES string of the molecule is CN=C(C)C(N[S+]([O-])c1c(Cl)cc(-c2ccc3[nH]ccc3c2)cc1Cl)=C(C)N. The fraction of sp³-hybridized carbons (Fsp3) is 0.150. The van der Waals surface area contributed by atoms with Crippen LogP contribution in [0.2, 0.25) is 10.0 Å². The van der Waals surface area contributed by atoms with Crippen LogP contribution in [0.3, 0.4) is 0 Å². The minimum absolute atomic E-state index is 0.303. The van der Waals surface area contributed by atoms with Gasteiger partial charge in [-0.1, -0.05) is 29.3 Å². The molecule has 0 bridgehead atoms. The Hall–Kier alpha value is -2.12. The smallest absolute Gasteiger partial charge is 0.216 e. The largest absolute Gasteiger partial charge is 0.588 e. The highest BCUT2D eigenvalue weighted by Gasteiger charge is 2.24. The molecule has 0 aliphatic carbocycles. The molecule has 28 heavy (non-hydrogen) atoms. The summed E-state index contributed by atoms with van der Waals surface area (Å²) in [5.74, 6) is 0. The summed E-state index contributed by atoms with van der Waals surface area (Å²) in [7, 11) is 1.64. The van der Waals surface area contributed by atoms with E-state index in [4.69, 9.17) is 28.9 Å². The highest BCUT2D eigenvalue weighted by Crippen LogP contribution is 2.35. The fourth-order valence-corrected chi connectivity index (χ4v) is 4.81. The van der Waals surface area contributed by atoms with Crippen LogP contribution in [-0.2, 0) is 11.4 Å². The van der Waals surface area contributed by atoms with Gasteiger partial charge in [-0.05, 0) is 60.7 Å². The summed E-state index contributed by atoms with van der Waals surface area (Å²) in [6, 6.07) is 11.5. The first-order chi connectivity index (χ1) is 13.3. The molecule has 0 saturated carbocycles. The summed E-state index contributed by atoms with van der Waals surface area (Å²) in [6.45, 7) is 3.48. The molecule has 8 heteroatoms. The molecule has 5 nitrogen and oxygen atoms in total. The molecule has 0 radical (unpaired) electrons. The van der Waals surface area contributed by atoms with Gasteiger partial charge in [0.2, 0.25) is 4.90 Å². The van der Waals surface area contributed by atoms with Crippen molar-refractivity contribution in [2.24, 2.45) is 10.7 Å². The lowest BCUT2D eigenvalue weighted by Crippen LogP contribution is -2.29. The van der Waals surface area contributed by atoms with E-state index in [-0.39, 0.29) is 0 Å². The average Bonchev–Trinajstić information content (AvgIpc) is 3.12. The predicted octanol–water partition coefficient (Wildman–Crippen LogP) is 5.03. The molecule has 1 heterocycles. The third kappa shape index (κ3) is 4.15. The van der Waals surface area contributed by atoms with Gasteiger partial charge in [0, 0.05) is 24.5 Å². The zero-order chi connectivity index (χ0) is 20.4. The molecule has 0 fully saturated rings. The van der Waals surface area contributed by atoms with E-state index in [1.54, 1.807) is 33.0 Å². The molecule has 3 rings (SSSR count). The van der Waals surface area contributed by atoms with Crippen LogP contribution in [-0.4, -0.2) is 22.3 Å². The second-order valence-electron chi connectivity index (χ2n) is 6.29. The summed E-state index contributed by atoms with van der Waals surface area (Å²) in [5, 5.41) is 1.70. The number of fused-ring (bicyclic) bond motifs is 1. The van der Waals surface area contributed by atoms with Crippen molar-refractivity contribution in [2.75, 3.05) is 7.05 Å². The van der Waals surface area contributed by atoms with Gasteiger partial charge >= 0.3 is 0 Å². The topological polar surface area (TPSA) is 89.3 Å². The number of aromatic amines is 1. The van der Waals surface area contributed by atoms with E-state index in [9.17, 15) is 4.55 Å². The molecule has 3 aromatic rings. The van der Waals surface area contributed by atoms with E-state index in [0.717, 1.165) is 22.0 Å². The van der Waals surface area contributed by atoms with Gasteiger partial charge < -0.3 is 15.3 Å². The van der Waals surface area contributed by atoms with Crippen molar-refractivity contribution in [3.8, 4) is 11.1 Å². The second-order valence-corrected chi connectivity index (χ2v) is 8.25. The number of aromatic nitrogens is 1. The Morgan fingerprint density at radius 3 is 2.39 bits per heavy atom. The van der Waals surface area contributed by atoms with Crippen molar-refractivity contribution in [3.05, 3.63) is 64.0 Å². The first-order valence-corrected chi connectivity index (χ1v) is 10.4. The molecule has 0 amide bonds. The molecular formula is C20H20Cl2N4OS. The zero-order valence-corrected chi connectivity index (χ0v) is 18.0. The third-order valence-corrected chi connectivity index (χ3v) is 6.38. The minimum Gasteiger partial charge on any atom is -0.588 e. The molecule has 1 aromatic heterocycles. The Morgan fingerprint density at radius 1 is 1.11 bits per heavy atom. The number of hydrogen-bond acceptors (Lipinski definition) is 4. The highest BCUT2D eigenvalue weighted by molar-refractivity contribution is 7.90. The number of nitrogens with one attached hydrogen (secondary N) is 2. The van der Waals surface area contributed by atoms with Crippen molar-refractivity contribution < 1.29 is 4.55 Å². The Labute approximate surface area is 177 Å². The van der Waals surface area contributed by atoms with Gasteiger partial charge in [0.15, 0.2) is 0 Å². The number of rotatable bonds is 5. The number of aliphatic imine (C=N–C) groups is 1. The van der Waals surface area contributed by atoms with Crippen molar-refractivity contribution in [1.29, 1.82) is 0 Å². The van der Waals surface area contributed by atoms with E-state index < -0.39 is 11.4 Å². The van der Waals surface area contributed by atoms with Crippen LogP contribution < -0.4 is 10.5 Å². The van der Waals surface area contributed by atoms with E-state index in [1.807, 2.05) is 30.5 Å².